The Morgan fingerprint density at radius 1 is 1.35 bits per heavy atom. The number of hydrogen-bond acceptors (Lipinski definition) is 4. The molecule has 1 aliphatic carbocycles. The standard InChI is InChI=1S/C14H22N2O3S/c1-3-8-19-14-7-6-13(9-11(14)10-15-2)20(17,18)16-12-4-5-12/h6-7,9,12,15-16H,3-5,8,10H2,1-2H3. The van der Waals surface area contributed by atoms with Gasteiger partial charge in [0.05, 0.1) is 11.5 Å². The summed E-state index contributed by atoms with van der Waals surface area (Å²) in [5.74, 6) is 0.742. The van der Waals surface area contributed by atoms with Crippen LogP contribution in [0.1, 0.15) is 31.7 Å². The van der Waals surface area contributed by atoms with Gasteiger partial charge < -0.3 is 10.1 Å². The molecule has 0 atom stereocenters. The Hall–Kier alpha value is -1.11. The zero-order valence-electron chi connectivity index (χ0n) is 12.0. The fourth-order valence-corrected chi connectivity index (χ4v) is 3.25. The Morgan fingerprint density at radius 3 is 2.70 bits per heavy atom. The Balaban J connectivity index is 2.23. The minimum absolute atomic E-state index is 0.115. The molecule has 2 N–H and O–H groups in total. The molecule has 0 bridgehead atoms. The molecule has 20 heavy (non-hydrogen) atoms. The molecule has 1 aromatic carbocycles. The molecule has 0 aliphatic heterocycles. The van der Waals surface area contributed by atoms with Crippen LogP contribution in [0.3, 0.4) is 0 Å². The summed E-state index contributed by atoms with van der Waals surface area (Å²) >= 11 is 0. The van der Waals surface area contributed by atoms with Crippen molar-refractivity contribution in [2.24, 2.45) is 0 Å². The summed E-state index contributed by atoms with van der Waals surface area (Å²) in [6.45, 7) is 3.24. The molecular weight excluding hydrogens is 276 g/mol. The third-order valence-corrected chi connectivity index (χ3v) is 4.59. The average molecular weight is 298 g/mol. The molecule has 0 unspecified atom stereocenters. The molecule has 5 nitrogen and oxygen atoms in total. The lowest BCUT2D eigenvalue weighted by Crippen LogP contribution is -2.26. The zero-order valence-corrected chi connectivity index (χ0v) is 12.8. The molecule has 1 aliphatic rings. The van der Waals surface area contributed by atoms with E-state index < -0.39 is 10.0 Å². The first-order valence-electron chi connectivity index (χ1n) is 6.99. The van der Waals surface area contributed by atoms with Crippen LogP contribution in [-0.4, -0.2) is 28.1 Å². The van der Waals surface area contributed by atoms with Crippen molar-refractivity contribution in [1.29, 1.82) is 0 Å². The second-order valence-corrected chi connectivity index (χ2v) is 6.76. The lowest BCUT2D eigenvalue weighted by Gasteiger charge is -2.13. The normalized spacial score (nSPS) is 15.3. The van der Waals surface area contributed by atoms with E-state index in [1.54, 1.807) is 18.2 Å². The first-order chi connectivity index (χ1) is 9.56. The van der Waals surface area contributed by atoms with E-state index in [0.717, 1.165) is 30.6 Å². The molecule has 0 amide bonds. The fourth-order valence-electron chi connectivity index (χ4n) is 1.89. The molecule has 0 aromatic heterocycles. The van der Waals surface area contributed by atoms with Crippen LogP contribution < -0.4 is 14.8 Å². The number of rotatable bonds is 8. The molecule has 0 saturated heterocycles. The third kappa shape index (κ3) is 3.94. The first kappa shape index (κ1) is 15.3. The van der Waals surface area contributed by atoms with Crippen molar-refractivity contribution in [2.75, 3.05) is 13.7 Å². The molecule has 1 fully saturated rings. The Kier molecular flexibility index (Phi) is 5.01. The molecule has 0 heterocycles. The molecule has 1 aromatic rings. The van der Waals surface area contributed by atoms with Crippen molar-refractivity contribution in [3.05, 3.63) is 23.8 Å². The average Bonchev–Trinajstić information content (AvgIpc) is 3.20. The second kappa shape index (κ2) is 6.56. The fraction of sp³-hybridized carbons (Fsp3) is 0.571. The highest BCUT2D eigenvalue weighted by atomic mass is 32.2. The van der Waals surface area contributed by atoms with Crippen molar-refractivity contribution < 1.29 is 13.2 Å². The van der Waals surface area contributed by atoms with E-state index in [0.29, 0.717) is 18.0 Å². The smallest absolute Gasteiger partial charge is 0.240 e. The molecule has 112 valence electrons. The van der Waals surface area contributed by atoms with E-state index in [9.17, 15) is 8.42 Å². The van der Waals surface area contributed by atoms with Gasteiger partial charge >= 0.3 is 0 Å². The largest absolute Gasteiger partial charge is 0.493 e. The number of ether oxygens (including phenoxy) is 1. The zero-order chi connectivity index (χ0) is 14.6. The van der Waals surface area contributed by atoms with Gasteiger partial charge in [-0.05, 0) is 44.5 Å². The SMILES string of the molecule is CCCOc1ccc(S(=O)(=O)NC2CC2)cc1CNC. The van der Waals surface area contributed by atoms with Gasteiger partial charge in [-0.15, -0.1) is 0 Å². The molecule has 0 spiro atoms. The van der Waals surface area contributed by atoms with E-state index in [2.05, 4.69) is 10.0 Å². The van der Waals surface area contributed by atoms with Gasteiger partial charge in [0.2, 0.25) is 10.0 Å². The van der Waals surface area contributed by atoms with E-state index in [1.807, 2.05) is 14.0 Å². The lowest BCUT2D eigenvalue weighted by atomic mass is 10.2. The maximum absolute atomic E-state index is 12.2. The van der Waals surface area contributed by atoms with Gasteiger partial charge in [-0.2, -0.15) is 0 Å². The van der Waals surface area contributed by atoms with Crippen LogP contribution in [0.5, 0.6) is 5.75 Å². The number of nitrogens with one attached hydrogen (secondary N) is 2. The van der Waals surface area contributed by atoms with E-state index >= 15 is 0 Å². The highest BCUT2D eigenvalue weighted by Crippen LogP contribution is 2.26. The van der Waals surface area contributed by atoms with Crippen LogP contribution in [-0.2, 0) is 16.6 Å². The maximum atomic E-state index is 12.2. The quantitative estimate of drug-likeness (QED) is 0.765. The third-order valence-electron chi connectivity index (χ3n) is 3.07. The summed E-state index contributed by atoms with van der Waals surface area (Å²) in [5, 5.41) is 3.04. The summed E-state index contributed by atoms with van der Waals surface area (Å²) in [5.41, 5.74) is 0.861. The lowest BCUT2D eigenvalue weighted by molar-refractivity contribution is 0.313. The van der Waals surface area contributed by atoms with Crippen LogP contribution in [0.2, 0.25) is 0 Å². The molecule has 2 rings (SSSR count). The topological polar surface area (TPSA) is 67.4 Å². The Labute approximate surface area is 120 Å². The molecular formula is C14H22N2O3S. The van der Waals surface area contributed by atoms with Gasteiger partial charge in [-0.3, -0.25) is 0 Å². The number of sulfonamides is 1. The van der Waals surface area contributed by atoms with Gasteiger partial charge in [0.25, 0.3) is 0 Å². The van der Waals surface area contributed by atoms with Crippen molar-refractivity contribution in [1.82, 2.24) is 10.0 Å². The minimum Gasteiger partial charge on any atom is -0.493 e. The highest BCUT2D eigenvalue weighted by Gasteiger charge is 2.28. The van der Waals surface area contributed by atoms with Crippen molar-refractivity contribution in [3.8, 4) is 5.75 Å². The van der Waals surface area contributed by atoms with E-state index in [4.69, 9.17) is 4.74 Å². The maximum Gasteiger partial charge on any atom is 0.240 e. The summed E-state index contributed by atoms with van der Waals surface area (Å²) in [4.78, 5) is 0.304. The van der Waals surface area contributed by atoms with E-state index in [-0.39, 0.29) is 6.04 Å². The van der Waals surface area contributed by atoms with Crippen LogP contribution >= 0.6 is 0 Å². The highest BCUT2D eigenvalue weighted by molar-refractivity contribution is 7.89. The van der Waals surface area contributed by atoms with Crippen LogP contribution in [0.25, 0.3) is 0 Å². The second-order valence-electron chi connectivity index (χ2n) is 5.04. The summed E-state index contributed by atoms with van der Waals surface area (Å²) in [7, 11) is -1.58. The molecule has 6 heteroatoms. The molecule has 1 saturated carbocycles. The monoisotopic (exact) mass is 298 g/mol. The van der Waals surface area contributed by atoms with Crippen molar-refractivity contribution in [2.45, 2.75) is 43.7 Å². The van der Waals surface area contributed by atoms with Gasteiger partial charge in [0.1, 0.15) is 5.75 Å². The van der Waals surface area contributed by atoms with E-state index in [1.165, 1.54) is 0 Å². The first-order valence-corrected chi connectivity index (χ1v) is 8.47. The van der Waals surface area contributed by atoms with Crippen LogP contribution in [0.15, 0.2) is 23.1 Å². The molecule has 0 radical (unpaired) electrons. The minimum atomic E-state index is -3.41. The van der Waals surface area contributed by atoms with Crippen molar-refractivity contribution in [3.63, 3.8) is 0 Å². The predicted molar refractivity (Wildman–Crippen MR) is 78.3 cm³/mol. The Bertz CT molecular complexity index is 554. The van der Waals surface area contributed by atoms with Crippen molar-refractivity contribution >= 4 is 10.0 Å². The van der Waals surface area contributed by atoms with Gasteiger partial charge in [0, 0.05) is 18.2 Å². The van der Waals surface area contributed by atoms with Gasteiger partial charge in [0.15, 0.2) is 0 Å². The van der Waals surface area contributed by atoms with Gasteiger partial charge in [-0.1, -0.05) is 6.92 Å². The number of benzene rings is 1. The van der Waals surface area contributed by atoms with Crippen LogP contribution in [0, 0.1) is 0 Å². The summed E-state index contributed by atoms with van der Waals surface area (Å²) < 4.78 is 32.7. The van der Waals surface area contributed by atoms with Crippen LogP contribution in [0.4, 0.5) is 0 Å². The van der Waals surface area contributed by atoms with Gasteiger partial charge in [-0.25, -0.2) is 13.1 Å². The Morgan fingerprint density at radius 2 is 2.10 bits per heavy atom. The number of hydrogen-bond donors (Lipinski definition) is 2. The summed E-state index contributed by atoms with van der Waals surface area (Å²) in [6, 6.07) is 5.15. The summed E-state index contributed by atoms with van der Waals surface area (Å²) in [6.07, 6.45) is 2.78. The predicted octanol–water partition coefficient (Wildman–Crippen LogP) is 1.64.